The van der Waals surface area contributed by atoms with Crippen molar-refractivity contribution in [1.82, 2.24) is 5.43 Å². The molecule has 0 aliphatic heterocycles. The minimum Gasteiger partial charge on any atom is -0.497 e. The number of aryl methyl sites for hydroxylation is 1. The van der Waals surface area contributed by atoms with E-state index in [9.17, 15) is 9.18 Å². The fraction of sp³-hybridized carbons (Fsp3) is 0.222. The molecule has 1 amide bonds. The molecule has 23 heavy (non-hydrogen) atoms. The lowest BCUT2D eigenvalue weighted by atomic mass is 10.1. The number of amides is 1. The van der Waals surface area contributed by atoms with Crippen LogP contribution in [0, 0.1) is 5.82 Å². The summed E-state index contributed by atoms with van der Waals surface area (Å²) in [5.74, 6) is 0.378. The molecule has 4 nitrogen and oxygen atoms in total. The maximum Gasteiger partial charge on any atom is 0.240 e. The van der Waals surface area contributed by atoms with Gasteiger partial charge in [-0.05, 0) is 48.2 Å². The van der Waals surface area contributed by atoms with Gasteiger partial charge < -0.3 is 4.74 Å². The third kappa shape index (κ3) is 5.90. The molecule has 0 aromatic heterocycles. The Morgan fingerprint density at radius 2 is 1.87 bits per heavy atom. The molecule has 0 unspecified atom stereocenters. The standard InChI is InChI=1S/C18H19FN2O2/c1-23-17-11-7-14(8-12-17)3-2-4-18(22)21-20-13-15-5-9-16(19)10-6-15/h5-13H,2-4H2,1H3,(H,21,22)/b20-13+. The quantitative estimate of drug-likeness (QED) is 0.629. The summed E-state index contributed by atoms with van der Waals surface area (Å²) in [6, 6.07) is 13.7. The average Bonchev–Trinajstić information content (AvgIpc) is 2.57. The molecule has 1 N–H and O–H groups in total. The Balaban J connectivity index is 1.69. The molecular formula is C18H19FN2O2. The van der Waals surface area contributed by atoms with Crippen LogP contribution < -0.4 is 10.2 Å². The maximum atomic E-state index is 12.7. The van der Waals surface area contributed by atoms with Gasteiger partial charge in [-0.15, -0.1) is 0 Å². The number of benzene rings is 2. The number of nitrogens with zero attached hydrogens (tertiary/aromatic N) is 1. The number of rotatable bonds is 7. The molecule has 0 saturated heterocycles. The Morgan fingerprint density at radius 3 is 2.52 bits per heavy atom. The first-order valence-corrected chi connectivity index (χ1v) is 7.38. The van der Waals surface area contributed by atoms with E-state index in [4.69, 9.17) is 4.74 Å². The van der Waals surface area contributed by atoms with E-state index in [-0.39, 0.29) is 11.7 Å². The zero-order valence-corrected chi connectivity index (χ0v) is 13.0. The number of halogens is 1. The average molecular weight is 314 g/mol. The van der Waals surface area contributed by atoms with Crippen molar-refractivity contribution < 1.29 is 13.9 Å². The highest BCUT2D eigenvalue weighted by Gasteiger charge is 2.01. The van der Waals surface area contributed by atoms with E-state index in [1.54, 1.807) is 19.2 Å². The van der Waals surface area contributed by atoms with Gasteiger partial charge in [0.2, 0.25) is 5.91 Å². The van der Waals surface area contributed by atoms with Crippen molar-refractivity contribution in [1.29, 1.82) is 0 Å². The van der Waals surface area contributed by atoms with Gasteiger partial charge in [0.25, 0.3) is 0 Å². The molecule has 2 rings (SSSR count). The van der Waals surface area contributed by atoms with Crippen LogP contribution in [-0.2, 0) is 11.2 Å². The second-order valence-corrected chi connectivity index (χ2v) is 5.05. The summed E-state index contributed by atoms with van der Waals surface area (Å²) in [6.07, 6.45) is 3.44. The third-order valence-electron chi connectivity index (χ3n) is 3.30. The summed E-state index contributed by atoms with van der Waals surface area (Å²) < 4.78 is 17.8. The Labute approximate surface area is 135 Å². The molecule has 5 heteroatoms. The number of methoxy groups -OCH3 is 1. The highest BCUT2D eigenvalue weighted by atomic mass is 19.1. The van der Waals surface area contributed by atoms with E-state index in [0.29, 0.717) is 6.42 Å². The first-order valence-electron chi connectivity index (χ1n) is 7.38. The molecule has 0 bridgehead atoms. The first kappa shape index (κ1) is 16.7. The number of ether oxygens (including phenoxy) is 1. The summed E-state index contributed by atoms with van der Waals surface area (Å²) in [5.41, 5.74) is 4.35. The van der Waals surface area contributed by atoms with Crippen molar-refractivity contribution in [2.24, 2.45) is 5.10 Å². The Hall–Kier alpha value is -2.69. The number of carbonyl (C=O) groups excluding carboxylic acids is 1. The molecule has 0 fully saturated rings. The number of hydrogen-bond acceptors (Lipinski definition) is 3. The van der Waals surface area contributed by atoms with E-state index in [1.165, 1.54) is 18.3 Å². The van der Waals surface area contributed by atoms with Gasteiger partial charge in [-0.25, -0.2) is 9.82 Å². The SMILES string of the molecule is COc1ccc(CCCC(=O)N/N=C/c2ccc(F)cc2)cc1. The molecule has 0 aliphatic rings. The van der Waals surface area contributed by atoms with Crippen molar-refractivity contribution in [3.8, 4) is 5.75 Å². The van der Waals surface area contributed by atoms with Gasteiger partial charge in [0.1, 0.15) is 11.6 Å². The van der Waals surface area contributed by atoms with E-state index in [0.717, 1.165) is 29.7 Å². The summed E-state index contributed by atoms with van der Waals surface area (Å²) in [7, 11) is 1.63. The molecule has 120 valence electrons. The Bertz CT molecular complexity index is 652. The van der Waals surface area contributed by atoms with Crippen LogP contribution in [0.4, 0.5) is 4.39 Å². The van der Waals surface area contributed by atoms with Gasteiger partial charge in [0.05, 0.1) is 13.3 Å². The smallest absolute Gasteiger partial charge is 0.240 e. The highest BCUT2D eigenvalue weighted by molar-refractivity contribution is 5.82. The minimum absolute atomic E-state index is 0.142. The molecule has 0 heterocycles. The minimum atomic E-state index is -0.301. The van der Waals surface area contributed by atoms with Crippen molar-refractivity contribution in [2.45, 2.75) is 19.3 Å². The van der Waals surface area contributed by atoms with E-state index in [2.05, 4.69) is 10.5 Å². The van der Waals surface area contributed by atoms with Crippen LogP contribution in [0.3, 0.4) is 0 Å². The van der Waals surface area contributed by atoms with Crippen molar-refractivity contribution >= 4 is 12.1 Å². The fourth-order valence-electron chi connectivity index (χ4n) is 2.03. The zero-order chi connectivity index (χ0) is 16.5. The largest absolute Gasteiger partial charge is 0.497 e. The van der Waals surface area contributed by atoms with Crippen LogP contribution in [0.5, 0.6) is 5.75 Å². The van der Waals surface area contributed by atoms with Crippen LogP contribution in [0.1, 0.15) is 24.0 Å². The zero-order valence-electron chi connectivity index (χ0n) is 13.0. The third-order valence-corrected chi connectivity index (χ3v) is 3.30. The molecule has 2 aromatic carbocycles. The van der Waals surface area contributed by atoms with Gasteiger partial charge in [0.15, 0.2) is 0 Å². The van der Waals surface area contributed by atoms with Crippen LogP contribution >= 0.6 is 0 Å². The normalized spacial score (nSPS) is 10.7. The molecular weight excluding hydrogens is 295 g/mol. The number of nitrogens with one attached hydrogen (secondary N) is 1. The highest BCUT2D eigenvalue weighted by Crippen LogP contribution is 2.13. The van der Waals surface area contributed by atoms with Gasteiger partial charge in [-0.2, -0.15) is 5.10 Å². The van der Waals surface area contributed by atoms with Crippen LogP contribution in [-0.4, -0.2) is 19.2 Å². The summed E-state index contributed by atoms with van der Waals surface area (Å²) >= 11 is 0. The molecule has 0 saturated carbocycles. The lowest BCUT2D eigenvalue weighted by molar-refractivity contribution is -0.121. The predicted octanol–water partition coefficient (Wildman–Crippen LogP) is 3.31. The van der Waals surface area contributed by atoms with Crippen molar-refractivity contribution in [3.63, 3.8) is 0 Å². The Morgan fingerprint density at radius 1 is 1.17 bits per heavy atom. The molecule has 0 radical (unpaired) electrons. The number of hydrazone groups is 1. The lowest BCUT2D eigenvalue weighted by Gasteiger charge is -2.03. The summed E-state index contributed by atoms with van der Waals surface area (Å²) in [6.45, 7) is 0. The molecule has 0 atom stereocenters. The summed E-state index contributed by atoms with van der Waals surface area (Å²) in [4.78, 5) is 11.7. The number of hydrogen-bond donors (Lipinski definition) is 1. The van der Waals surface area contributed by atoms with E-state index in [1.807, 2.05) is 24.3 Å². The lowest BCUT2D eigenvalue weighted by Crippen LogP contribution is -2.17. The monoisotopic (exact) mass is 314 g/mol. The van der Waals surface area contributed by atoms with Gasteiger partial charge in [-0.1, -0.05) is 24.3 Å². The second-order valence-electron chi connectivity index (χ2n) is 5.05. The van der Waals surface area contributed by atoms with Crippen LogP contribution in [0.2, 0.25) is 0 Å². The Kier molecular flexibility index (Phi) is 6.29. The fourth-order valence-corrected chi connectivity index (χ4v) is 2.03. The van der Waals surface area contributed by atoms with E-state index >= 15 is 0 Å². The van der Waals surface area contributed by atoms with Crippen LogP contribution in [0.25, 0.3) is 0 Å². The topological polar surface area (TPSA) is 50.7 Å². The maximum absolute atomic E-state index is 12.7. The number of carbonyl (C=O) groups is 1. The van der Waals surface area contributed by atoms with E-state index < -0.39 is 0 Å². The molecule has 2 aromatic rings. The summed E-state index contributed by atoms with van der Waals surface area (Å²) in [5, 5.41) is 3.86. The van der Waals surface area contributed by atoms with Gasteiger partial charge >= 0.3 is 0 Å². The van der Waals surface area contributed by atoms with Crippen molar-refractivity contribution in [3.05, 3.63) is 65.5 Å². The second kappa shape index (κ2) is 8.68. The predicted molar refractivity (Wildman–Crippen MR) is 88.1 cm³/mol. The first-order chi connectivity index (χ1) is 11.2. The molecule has 0 aliphatic carbocycles. The molecule has 0 spiro atoms. The van der Waals surface area contributed by atoms with Crippen LogP contribution in [0.15, 0.2) is 53.6 Å². The van der Waals surface area contributed by atoms with Gasteiger partial charge in [-0.3, -0.25) is 4.79 Å². The van der Waals surface area contributed by atoms with Crippen molar-refractivity contribution in [2.75, 3.05) is 7.11 Å². The van der Waals surface area contributed by atoms with Gasteiger partial charge in [0, 0.05) is 6.42 Å².